The van der Waals surface area contributed by atoms with E-state index in [9.17, 15) is 4.79 Å². The number of pyridine rings is 2. The minimum atomic E-state index is -0.0437. The standard InChI is InChI=1S/C14H14N2O/c1-9-6-7-11-13(15-9)8-12(16-14(11)17)10-4-2-3-5-10/h4,6-8H,2-3,5H2,1H3,(H,16,17). The van der Waals surface area contributed by atoms with Crippen molar-refractivity contribution in [2.24, 2.45) is 0 Å². The Morgan fingerprint density at radius 1 is 1.35 bits per heavy atom. The normalized spacial score (nSPS) is 15.2. The third-order valence-corrected chi connectivity index (χ3v) is 3.22. The van der Waals surface area contributed by atoms with Crippen LogP contribution in [0.5, 0.6) is 0 Å². The summed E-state index contributed by atoms with van der Waals surface area (Å²) >= 11 is 0. The van der Waals surface area contributed by atoms with Gasteiger partial charge in [-0.05, 0) is 50.0 Å². The summed E-state index contributed by atoms with van der Waals surface area (Å²) < 4.78 is 0. The fourth-order valence-corrected chi connectivity index (χ4v) is 2.33. The van der Waals surface area contributed by atoms with E-state index in [-0.39, 0.29) is 5.56 Å². The molecule has 2 aromatic rings. The molecule has 86 valence electrons. The Balaban J connectivity index is 2.25. The zero-order valence-electron chi connectivity index (χ0n) is 9.79. The van der Waals surface area contributed by atoms with Crippen molar-refractivity contribution in [3.63, 3.8) is 0 Å². The van der Waals surface area contributed by atoms with Crippen molar-refractivity contribution in [1.29, 1.82) is 0 Å². The molecule has 3 rings (SSSR count). The molecular weight excluding hydrogens is 212 g/mol. The van der Waals surface area contributed by atoms with Gasteiger partial charge in [0, 0.05) is 11.4 Å². The predicted molar refractivity (Wildman–Crippen MR) is 68.9 cm³/mol. The van der Waals surface area contributed by atoms with E-state index < -0.39 is 0 Å². The molecule has 0 saturated carbocycles. The lowest BCUT2D eigenvalue weighted by Gasteiger charge is -2.04. The second-order valence-corrected chi connectivity index (χ2v) is 4.52. The van der Waals surface area contributed by atoms with E-state index >= 15 is 0 Å². The van der Waals surface area contributed by atoms with Gasteiger partial charge in [-0.25, -0.2) is 0 Å². The summed E-state index contributed by atoms with van der Waals surface area (Å²) in [6.07, 6.45) is 5.54. The maximum Gasteiger partial charge on any atom is 0.257 e. The second-order valence-electron chi connectivity index (χ2n) is 4.52. The molecule has 0 unspecified atom stereocenters. The van der Waals surface area contributed by atoms with Gasteiger partial charge in [-0.15, -0.1) is 0 Å². The number of hydrogen-bond acceptors (Lipinski definition) is 2. The molecule has 1 aliphatic rings. The van der Waals surface area contributed by atoms with Gasteiger partial charge in [0.25, 0.3) is 5.56 Å². The highest BCUT2D eigenvalue weighted by molar-refractivity contribution is 5.81. The molecule has 0 bridgehead atoms. The van der Waals surface area contributed by atoms with Crippen molar-refractivity contribution in [2.75, 3.05) is 0 Å². The molecule has 3 nitrogen and oxygen atoms in total. The van der Waals surface area contributed by atoms with Crippen LogP contribution in [0.3, 0.4) is 0 Å². The van der Waals surface area contributed by atoms with E-state index in [1.807, 2.05) is 25.1 Å². The van der Waals surface area contributed by atoms with Gasteiger partial charge < -0.3 is 4.98 Å². The number of H-pyrrole nitrogens is 1. The predicted octanol–water partition coefficient (Wildman–Crippen LogP) is 2.80. The lowest BCUT2D eigenvalue weighted by molar-refractivity contribution is 0.932. The molecule has 2 aromatic heterocycles. The molecule has 0 atom stereocenters. The Kier molecular flexibility index (Phi) is 2.32. The number of nitrogens with one attached hydrogen (secondary N) is 1. The van der Waals surface area contributed by atoms with E-state index in [2.05, 4.69) is 16.0 Å². The van der Waals surface area contributed by atoms with Crippen molar-refractivity contribution in [3.8, 4) is 0 Å². The fraction of sp³-hybridized carbons (Fsp3) is 0.286. The lowest BCUT2D eigenvalue weighted by Crippen LogP contribution is -2.09. The van der Waals surface area contributed by atoms with Crippen LogP contribution < -0.4 is 5.56 Å². The summed E-state index contributed by atoms with van der Waals surface area (Å²) in [4.78, 5) is 19.3. The first-order valence-electron chi connectivity index (χ1n) is 5.94. The molecule has 1 N–H and O–H groups in total. The SMILES string of the molecule is Cc1ccc2c(=O)[nH]c(C3=CCCC3)cc2n1. The molecule has 0 spiro atoms. The van der Waals surface area contributed by atoms with E-state index in [4.69, 9.17) is 0 Å². The third-order valence-electron chi connectivity index (χ3n) is 3.22. The van der Waals surface area contributed by atoms with Gasteiger partial charge in [-0.2, -0.15) is 0 Å². The lowest BCUT2D eigenvalue weighted by atomic mass is 10.1. The molecule has 0 aromatic carbocycles. The van der Waals surface area contributed by atoms with Gasteiger partial charge in [0.15, 0.2) is 0 Å². The Morgan fingerprint density at radius 3 is 3.00 bits per heavy atom. The molecular formula is C14H14N2O. The number of aromatic nitrogens is 2. The van der Waals surface area contributed by atoms with E-state index in [0.717, 1.165) is 29.7 Å². The number of aromatic amines is 1. The first-order chi connectivity index (χ1) is 8.24. The summed E-state index contributed by atoms with van der Waals surface area (Å²) in [5.74, 6) is 0. The minimum Gasteiger partial charge on any atom is -0.322 e. The number of nitrogens with zero attached hydrogens (tertiary/aromatic N) is 1. The van der Waals surface area contributed by atoms with Gasteiger partial charge >= 0.3 is 0 Å². The summed E-state index contributed by atoms with van der Waals surface area (Å²) in [7, 11) is 0. The van der Waals surface area contributed by atoms with Crippen molar-refractivity contribution < 1.29 is 0 Å². The first-order valence-corrected chi connectivity index (χ1v) is 5.94. The molecule has 0 amide bonds. The fourth-order valence-electron chi connectivity index (χ4n) is 2.33. The van der Waals surface area contributed by atoms with Crippen LogP contribution in [0.4, 0.5) is 0 Å². The molecule has 3 heteroatoms. The molecule has 0 saturated heterocycles. The zero-order chi connectivity index (χ0) is 11.8. The van der Waals surface area contributed by atoms with Crippen LogP contribution >= 0.6 is 0 Å². The number of rotatable bonds is 1. The highest BCUT2D eigenvalue weighted by Gasteiger charge is 2.10. The first kappa shape index (κ1) is 10.3. The average molecular weight is 226 g/mol. The van der Waals surface area contributed by atoms with Crippen molar-refractivity contribution in [3.05, 3.63) is 46.0 Å². The van der Waals surface area contributed by atoms with E-state index in [1.165, 1.54) is 12.0 Å². The van der Waals surface area contributed by atoms with Crippen LogP contribution in [0.25, 0.3) is 16.5 Å². The van der Waals surface area contributed by atoms with Crippen LogP contribution in [0.1, 0.15) is 30.7 Å². The Hall–Kier alpha value is -1.90. The molecule has 0 aliphatic heterocycles. The summed E-state index contributed by atoms with van der Waals surface area (Å²) in [5.41, 5.74) is 3.86. The quantitative estimate of drug-likeness (QED) is 0.812. The van der Waals surface area contributed by atoms with Crippen LogP contribution in [0.2, 0.25) is 0 Å². The average Bonchev–Trinajstić information content (AvgIpc) is 2.81. The molecule has 0 radical (unpaired) electrons. The zero-order valence-corrected chi connectivity index (χ0v) is 9.79. The van der Waals surface area contributed by atoms with Crippen molar-refractivity contribution in [1.82, 2.24) is 9.97 Å². The largest absolute Gasteiger partial charge is 0.322 e. The Labute approximate surface area is 99.2 Å². The molecule has 17 heavy (non-hydrogen) atoms. The number of fused-ring (bicyclic) bond motifs is 1. The van der Waals surface area contributed by atoms with Crippen LogP contribution in [0, 0.1) is 6.92 Å². The monoisotopic (exact) mass is 226 g/mol. The summed E-state index contributed by atoms with van der Waals surface area (Å²) in [5, 5.41) is 0.665. The summed E-state index contributed by atoms with van der Waals surface area (Å²) in [6, 6.07) is 5.69. The summed E-state index contributed by atoms with van der Waals surface area (Å²) in [6.45, 7) is 1.94. The number of hydrogen-bond donors (Lipinski definition) is 1. The molecule has 2 heterocycles. The van der Waals surface area contributed by atoms with Crippen LogP contribution in [0.15, 0.2) is 29.1 Å². The van der Waals surface area contributed by atoms with Crippen LogP contribution in [-0.4, -0.2) is 9.97 Å². The van der Waals surface area contributed by atoms with Gasteiger partial charge in [0.2, 0.25) is 0 Å². The van der Waals surface area contributed by atoms with E-state index in [1.54, 1.807) is 0 Å². The second kappa shape index (κ2) is 3.84. The molecule has 1 aliphatic carbocycles. The molecule has 0 fully saturated rings. The van der Waals surface area contributed by atoms with E-state index in [0.29, 0.717) is 5.39 Å². The van der Waals surface area contributed by atoms with Crippen molar-refractivity contribution in [2.45, 2.75) is 26.2 Å². The smallest absolute Gasteiger partial charge is 0.257 e. The number of aryl methyl sites for hydroxylation is 1. The van der Waals surface area contributed by atoms with Gasteiger partial charge in [-0.3, -0.25) is 9.78 Å². The Bertz CT molecular complexity index is 667. The van der Waals surface area contributed by atoms with Gasteiger partial charge in [0.1, 0.15) is 0 Å². The van der Waals surface area contributed by atoms with Crippen molar-refractivity contribution >= 4 is 16.5 Å². The Morgan fingerprint density at radius 2 is 2.24 bits per heavy atom. The van der Waals surface area contributed by atoms with Gasteiger partial charge in [-0.1, -0.05) is 6.08 Å². The highest BCUT2D eigenvalue weighted by atomic mass is 16.1. The minimum absolute atomic E-state index is 0.0437. The highest BCUT2D eigenvalue weighted by Crippen LogP contribution is 2.26. The van der Waals surface area contributed by atoms with Gasteiger partial charge in [0.05, 0.1) is 10.9 Å². The third kappa shape index (κ3) is 1.78. The maximum absolute atomic E-state index is 11.9. The van der Waals surface area contributed by atoms with Crippen LogP contribution in [-0.2, 0) is 0 Å². The maximum atomic E-state index is 11.9. The number of allylic oxidation sites excluding steroid dienone is 2. The topological polar surface area (TPSA) is 45.8 Å².